The molecule has 112 valence electrons. The third-order valence-corrected chi connectivity index (χ3v) is 5.68. The van der Waals surface area contributed by atoms with Crippen LogP contribution in [0.15, 0.2) is 0 Å². The molecule has 2 rings (SSSR count). The first kappa shape index (κ1) is 15.3. The van der Waals surface area contributed by atoms with E-state index in [9.17, 15) is 0 Å². The van der Waals surface area contributed by atoms with Crippen molar-refractivity contribution in [2.75, 3.05) is 26.7 Å². The molecule has 3 nitrogen and oxygen atoms in total. The molecular weight excluding hydrogens is 236 g/mol. The summed E-state index contributed by atoms with van der Waals surface area (Å²) in [5, 5.41) is 0. The average molecular weight is 268 g/mol. The lowest BCUT2D eigenvalue weighted by Gasteiger charge is -2.48. The minimum atomic E-state index is 0.252. The van der Waals surface area contributed by atoms with E-state index in [2.05, 4.69) is 18.7 Å². The zero-order valence-electron chi connectivity index (χ0n) is 13.0. The molecule has 19 heavy (non-hydrogen) atoms. The van der Waals surface area contributed by atoms with Crippen LogP contribution in [0.4, 0.5) is 0 Å². The van der Waals surface area contributed by atoms with E-state index in [0.29, 0.717) is 12.0 Å². The third-order valence-electron chi connectivity index (χ3n) is 5.68. The van der Waals surface area contributed by atoms with Gasteiger partial charge in [0.1, 0.15) is 0 Å². The van der Waals surface area contributed by atoms with E-state index < -0.39 is 0 Å². The fourth-order valence-corrected chi connectivity index (χ4v) is 3.98. The van der Waals surface area contributed by atoms with Crippen LogP contribution in [0.1, 0.15) is 52.4 Å². The van der Waals surface area contributed by atoms with Gasteiger partial charge < -0.3 is 10.5 Å². The first-order chi connectivity index (χ1) is 9.11. The van der Waals surface area contributed by atoms with Gasteiger partial charge >= 0.3 is 0 Å². The van der Waals surface area contributed by atoms with E-state index >= 15 is 0 Å². The van der Waals surface area contributed by atoms with E-state index in [-0.39, 0.29) is 5.54 Å². The molecule has 1 saturated carbocycles. The molecule has 0 amide bonds. The van der Waals surface area contributed by atoms with E-state index in [0.717, 1.165) is 19.0 Å². The van der Waals surface area contributed by atoms with Gasteiger partial charge in [-0.25, -0.2) is 0 Å². The molecule has 2 fully saturated rings. The Morgan fingerprint density at radius 3 is 2.68 bits per heavy atom. The monoisotopic (exact) mass is 268 g/mol. The van der Waals surface area contributed by atoms with Crippen molar-refractivity contribution in [3.63, 3.8) is 0 Å². The van der Waals surface area contributed by atoms with E-state index in [1.165, 1.54) is 45.1 Å². The molecule has 4 unspecified atom stereocenters. The summed E-state index contributed by atoms with van der Waals surface area (Å²) >= 11 is 0. The van der Waals surface area contributed by atoms with Crippen LogP contribution >= 0.6 is 0 Å². The van der Waals surface area contributed by atoms with Gasteiger partial charge in [0.2, 0.25) is 0 Å². The molecule has 0 bridgehead atoms. The smallest absolute Gasteiger partial charge is 0.0724 e. The van der Waals surface area contributed by atoms with Crippen molar-refractivity contribution in [3.8, 4) is 0 Å². The van der Waals surface area contributed by atoms with E-state index in [4.69, 9.17) is 10.5 Å². The number of likely N-dealkylation sites (tertiary alicyclic amines) is 1. The molecule has 0 spiro atoms. The molecule has 0 radical (unpaired) electrons. The van der Waals surface area contributed by atoms with E-state index in [1.54, 1.807) is 0 Å². The van der Waals surface area contributed by atoms with Crippen molar-refractivity contribution in [3.05, 3.63) is 0 Å². The summed E-state index contributed by atoms with van der Waals surface area (Å²) < 4.78 is 5.68. The topological polar surface area (TPSA) is 38.5 Å². The predicted octanol–water partition coefficient (Wildman–Crippen LogP) is 2.64. The quantitative estimate of drug-likeness (QED) is 0.800. The fourth-order valence-electron chi connectivity index (χ4n) is 3.98. The standard InChI is InChI=1S/C16H32N2O/c1-13-5-4-8-16(12-17,9-6-13)18-10-7-14(2)15(11-18)19-3/h13-15H,4-12,17H2,1-3H3. The highest BCUT2D eigenvalue weighted by Crippen LogP contribution is 2.36. The third kappa shape index (κ3) is 3.32. The molecule has 0 aromatic heterocycles. The van der Waals surface area contributed by atoms with Crippen LogP contribution < -0.4 is 5.73 Å². The summed E-state index contributed by atoms with van der Waals surface area (Å²) in [7, 11) is 1.86. The minimum absolute atomic E-state index is 0.252. The summed E-state index contributed by atoms with van der Waals surface area (Å²) in [5.41, 5.74) is 6.47. The number of ether oxygens (including phenoxy) is 1. The molecule has 0 aromatic rings. The summed E-state index contributed by atoms with van der Waals surface area (Å²) in [5.74, 6) is 1.55. The molecule has 2 aliphatic rings. The van der Waals surface area contributed by atoms with Crippen molar-refractivity contribution in [1.29, 1.82) is 0 Å². The highest BCUT2D eigenvalue weighted by molar-refractivity contribution is 4.97. The average Bonchev–Trinajstić information content (AvgIpc) is 2.62. The van der Waals surface area contributed by atoms with Crippen LogP contribution in [-0.4, -0.2) is 43.3 Å². The molecule has 1 heterocycles. The molecule has 1 aliphatic heterocycles. The molecule has 1 aliphatic carbocycles. The summed E-state index contributed by atoms with van der Waals surface area (Å²) in [6.45, 7) is 7.79. The van der Waals surface area contributed by atoms with Gasteiger partial charge in [-0.15, -0.1) is 0 Å². The van der Waals surface area contributed by atoms with Crippen molar-refractivity contribution < 1.29 is 4.74 Å². The Hall–Kier alpha value is -0.120. The Kier molecular flexibility index (Phi) is 5.27. The second-order valence-corrected chi connectivity index (χ2v) is 6.95. The van der Waals surface area contributed by atoms with Gasteiger partial charge in [-0.1, -0.05) is 26.7 Å². The van der Waals surface area contributed by atoms with Gasteiger partial charge in [-0.2, -0.15) is 0 Å². The molecule has 1 saturated heterocycles. The SMILES string of the molecule is COC1CN(C2(CN)CCCC(C)CC2)CCC1C. The second kappa shape index (κ2) is 6.55. The number of piperidine rings is 1. The Labute approximate surface area is 118 Å². The lowest BCUT2D eigenvalue weighted by molar-refractivity contribution is -0.0491. The van der Waals surface area contributed by atoms with Gasteiger partial charge in [-0.3, -0.25) is 4.90 Å². The van der Waals surface area contributed by atoms with Crippen LogP contribution in [0.5, 0.6) is 0 Å². The maximum Gasteiger partial charge on any atom is 0.0724 e. The van der Waals surface area contributed by atoms with Crippen LogP contribution in [0.3, 0.4) is 0 Å². The van der Waals surface area contributed by atoms with Crippen molar-refractivity contribution in [2.45, 2.75) is 64.0 Å². The number of hydrogen-bond donors (Lipinski definition) is 1. The molecular formula is C16H32N2O. The number of rotatable bonds is 3. The Morgan fingerprint density at radius 1 is 1.21 bits per heavy atom. The van der Waals surface area contributed by atoms with Gasteiger partial charge in [0, 0.05) is 25.7 Å². The number of hydrogen-bond acceptors (Lipinski definition) is 3. The van der Waals surface area contributed by atoms with Crippen LogP contribution in [0.2, 0.25) is 0 Å². The Morgan fingerprint density at radius 2 is 2.00 bits per heavy atom. The Bertz CT molecular complexity index is 284. The maximum atomic E-state index is 6.22. The molecule has 2 N–H and O–H groups in total. The lowest BCUT2D eigenvalue weighted by atomic mass is 9.84. The first-order valence-corrected chi connectivity index (χ1v) is 8.09. The summed E-state index contributed by atoms with van der Waals surface area (Å²) in [6.07, 6.45) is 8.23. The zero-order valence-corrected chi connectivity index (χ0v) is 13.0. The first-order valence-electron chi connectivity index (χ1n) is 8.09. The number of nitrogens with two attached hydrogens (primary N) is 1. The normalized spacial score (nSPS) is 42.0. The number of methoxy groups -OCH3 is 1. The minimum Gasteiger partial charge on any atom is -0.380 e. The van der Waals surface area contributed by atoms with Gasteiger partial charge in [-0.05, 0) is 44.1 Å². The fraction of sp³-hybridized carbons (Fsp3) is 1.00. The largest absolute Gasteiger partial charge is 0.380 e. The van der Waals surface area contributed by atoms with E-state index in [1.807, 2.05) is 7.11 Å². The van der Waals surface area contributed by atoms with Crippen molar-refractivity contribution in [1.82, 2.24) is 4.90 Å². The van der Waals surface area contributed by atoms with Crippen LogP contribution in [0, 0.1) is 11.8 Å². The molecule has 0 aromatic carbocycles. The summed E-state index contributed by atoms with van der Waals surface area (Å²) in [4.78, 5) is 2.67. The van der Waals surface area contributed by atoms with Crippen LogP contribution in [0.25, 0.3) is 0 Å². The highest BCUT2D eigenvalue weighted by Gasteiger charge is 2.40. The highest BCUT2D eigenvalue weighted by atomic mass is 16.5. The second-order valence-electron chi connectivity index (χ2n) is 6.95. The van der Waals surface area contributed by atoms with Gasteiger partial charge in [0.05, 0.1) is 6.10 Å². The van der Waals surface area contributed by atoms with Crippen molar-refractivity contribution in [2.24, 2.45) is 17.6 Å². The van der Waals surface area contributed by atoms with Crippen molar-refractivity contribution >= 4 is 0 Å². The lowest BCUT2D eigenvalue weighted by Crippen LogP contribution is -2.59. The molecule has 4 atom stereocenters. The maximum absolute atomic E-state index is 6.22. The van der Waals surface area contributed by atoms with Gasteiger partial charge in [0.25, 0.3) is 0 Å². The van der Waals surface area contributed by atoms with Gasteiger partial charge in [0.15, 0.2) is 0 Å². The molecule has 3 heteroatoms. The zero-order chi connectivity index (χ0) is 13.9. The Balaban J connectivity index is 2.07. The number of nitrogens with zero attached hydrogens (tertiary/aromatic N) is 1. The summed E-state index contributed by atoms with van der Waals surface area (Å²) in [6, 6.07) is 0. The predicted molar refractivity (Wildman–Crippen MR) is 80.2 cm³/mol. The van der Waals surface area contributed by atoms with Crippen LogP contribution in [-0.2, 0) is 4.74 Å².